The summed E-state index contributed by atoms with van der Waals surface area (Å²) < 4.78 is 5.15. The van der Waals surface area contributed by atoms with Crippen LogP contribution in [0, 0.1) is 0 Å². The normalized spacial score (nSPS) is 12.7. The van der Waals surface area contributed by atoms with Gasteiger partial charge in [0.05, 0.1) is 11.1 Å². The predicted molar refractivity (Wildman–Crippen MR) is 120 cm³/mol. The number of hydrogen-bond acceptors (Lipinski definition) is 7. The fourth-order valence-electron chi connectivity index (χ4n) is 3.68. The lowest BCUT2D eigenvalue weighted by atomic mass is 9.82. The van der Waals surface area contributed by atoms with Crippen molar-refractivity contribution in [3.8, 4) is 11.5 Å². The van der Waals surface area contributed by atoms with E-state index in [0.717, 1.165) is 0 Å². The van der Waals surface area contributed by atoms with E-state index in [1.54, 1.807) is 20.8 Å². The molecule has 2 aromatic rings. The first-order valence-electron chi connectivity index (χ1n) is 10.8. The number of carbonyl (C=O) groups is 4. The maximum Gasteiger partial charge on any atom is 0.407 e. The number of nitrogens with one attached hydrogen (secondary N) is 1. The third-order valence-corrected chi connectivity index (χ3v) is 5.17. The number of ether oxygens (including phenoxy) is 1. The lowest BCUT2D eigenvalue weighted by Crippen LogP contribution is -2.32. The Kier molecular flexibility index (Phi) is 6.86. The van der Waals surface area contributed by atoms with E-state index in [9.17, 15) is 29.4 Å². The van der Waals surface area contributed by atoms with Gasteiger partial charge in [0.1, 0.15) is 17.1 Å². The lowest BCUT2D eigenvalue weighted by molar-refractivity contribution is 0.0526. The molecule has 0 atom stereocenters. The van der Waals surface area contributed by atoms with Gasteiger partial charge < -0.3 is 20.3 Å². The molecule has 0 spiro atoms. The molecule has 3 rings (SSSR count). The molecular formula is C25H27NO7. The molecule has 0 aliphatic heterocycles. The maximum atomic E-state index is 12.9. The van der Waals surface area contributed by atoms with Crippen molar-refractivity contribution in [3.63, 3.8) is 0 Å². The van der Waals surface area contributed by atoms with Crippen molar-refractivity contribution in [2.75, 3.05) is 6.54 Å². The van der Waals surface area contributed by atoms with E-state index in [2.05, 4.69) is 5.32 Å². The summed E-state index contributed by atoms with van der Waals surface area (Å²) in [6.07, 6.45) is 1.59. The zero-order chi connectivity index (χ0) is 24.3. The Balaban J connectivity index is 1.60. The molecule has 1 aliphatic carbocycles. The summed E-state index contributed by atoms with van der Waals surface area (Å²) in [5.74, 6) is -2.27. The summed E-state index contributed by atoms with van der Waals surface area (Å²) in [5.41, 5.74) is -0.797. The number of fused-ring (bicyclic) bond motifs is 2. The summed E-state index contributed by atoms with van der Waals surface area (Å²) in [4.78, 5) is 49.9. The molecule has 0 saturated carbocycles. The molecule has 1 aliphatic rings. The van der Waals surface area contributed by atoms with E-state index in [-0.39, 0.29) is 45.8 Å². The standard InChI is InChI=1S/C25H27NO7/c1-25(2,3)33-24(32)26-11-6-4-5-9-17(27)14-12-16-21(19(29)13-14)23(31)20-15(22(16)30)8-7-10-18(20)28/h7-8,10,12-13,28-29H,4-6,9,11H2,1-3H3,(H,26,32). The molecule has 0 bridgehead atoms. The zero-order valence-corrected chi connectivity index (χ0v) is 18.9. The van der Waals surface area contributed by atoms with E-state index in [1.807, 2.05) is 0 Å². The number of Topliss-reactive ketones (excluding diaryl/α,β-unsaturated/α-hetero) is 1. The summed E-state index contributed by atoms with van der Waals surface area (Å²) in [6.45, 7) is 5.76. The van der Waals surface area contributed by atoms with Crippen molar-refractivity contribution >= 4 is 23.4 Å². The van der Waals surface area contributed by atoms with Crippen LogP contribution in [0.2, 0.25) is 0 Å². The molecule has 0 aromatic heterocycles. The zero-order valence-electron chi connectivity index (χ0n) is 18.9. The van der Waals surface area contributed by atoms with Crippen LogP contribution < -0.4 is 5.32 Å². The third-order valence-electron chi connectivity index (χ3n) is 5.17. The van der Waals surface area contributed by atoms with Crippen LogP contribution in [-0.2, 0) is 4.74 Å². The molecule has 174 valence electrons. The Labute approximate surface area is 191 Å². The van der Waals surface area contributed by atoms with Crippen LogP contribution in [0.1, 0.15) is 88.7 Å². The number of benzene rings is 2. The number of rotatable bonds is 7. The molecule has 0 fully saturated rings. The highest BCUT2D eigenvalue weighted by Gasteiger charge is 2.34. The largest absolute Gasteiger partial charge is 0.507 e. The van der Waals surface area contributed by atoms with Crippen molar-refractivity contribution in [2.45, 2.75) is 52.1 Å². The Morgan fingerprint density at radius 1 is 0.909 bits per heavy atom. The highest BCUT2D eigenvalue weighted by Crippen LogP contribution is 2.37. The number of hydrogen-bond donors (Lipinski definition) is 3. The van der Waals surface area contributed by atoms with Gasteiger partial charge in [0.15, 0.2) is 11.6 Å². The molecule has 3 N–H and O–H groups in total. The lowest BCUT2D eigenvalue weighted by Gasteiger charge is -2.20. The van der Waals surface area contributed by atoms with Crippen molar-refractivity contribution in [1.82, 2.24) is 5.32 Å². The van der Waals surface area contributed by atoms with Crippen LogP contribution in [0.4, 0.5) is 4.79 Å². The number of ketones is 3. The highest BCUT2D eigenvalue weighted by atomic mass is 16.6. The van der Waals surface area contributed by atoms with Crippen molar-refractivity contribution < 1.29 is 34.1 Å². The number of alkyl carbamates (subject to hydrolysis) is 1. The number of amides is 1. The molecule has 0 unspecified atom stereocenters. The van der Waals surface area contributed by atoms with Gasteiger partial charge in [-0.05, 0) is 51.8 Å². The molecule has 0 saturated heterocycles. The van der Waals surface area contributed by atoms with Crippen LogP contribution in [0.5, 0.6) is 11.5 Å². The smallest absolute Gasteiger partial charge is 0.407 e. The Hall–Kier alpha value is -3.68. The van der Waals surface area contributed by atoms with Crippen LogP contribution in [0.25, 0.3) is 0 Å². The van der Waals surface area contributed by atoms with Gasteiger partial charge in [0, 0.05) is 29.7 Å². The van der Waals surface area contributed by atoms with Gasteiger partial charge in [0.25, 0.3) is 0 Å². The van der Waals surface area contributed by atoms with E-state index in [0.29, 0.717) is 25.8 Å². The second kappa shape index (κ2) is 9.44. The van der Waals surface area contributed by atoms with Gasteiger partial charge >= 0.3 is 6.09 Å². The first kappa shape index (κ1) is 24.0. The number of carbonyl (C=O) groups excluding carboxylic acids is 4. The summed E-state index contributed by atoms with van der Waals surface area (Å²) in [5, 5.41) is 23.1. The molecule has 8 heteroatoms. The van der Waals surface area contributed by atoms with Gasteiger partial charge in [0.2, 0.25) is 5.78 Å². The van der Waals surface area contributed by atoms with Gasteiger partial charge in [-0.3, -0.25) is 14.4 Å². The van der Waals surface area contributed by atoms with Crippen LogP contribution >= 0.6 is 0 Å². The quantitative estimate of drug-likeness (QED) is 0.362. The molecule has 1 amide bonds. The minimum atomic E-state index is -0.660. The van der Waals surface area contributed by atoms with E-state index in [4.69, 9.17) is 4.74 Å². The SMILES string of the molecule is CC(C)(C)OC(=O)NCCCCCC(=O)c1cc(O)c2c(c1)C(=O)c1cccc(O)c1C2=O. The van der Waals surface area contributed by atoms with E-state index in [1.165, 1.54) is 30.3 Å². The third kappa shape index (κ3) is 5.39. The molecule has 8 nitrogen and oxygen atoms in total. The van der Waals surface area contributed by atoms with Crippen LogP contribution in [0.3, 0.4) is 0 Å². The topological polar surface area (TPSA) is 130 Å². The first-order valence-corrected chi connectivity index (χ1v) is 10.8. The average molecular weight is 453 g/mol. The minimum absolute atomic E-state index is 0.0361. The second-order valence-corrected chi connectivity index (χ2v) is 8.94. The monoisotopic (exact) mass is 453 g/mol. The van der Waals surface area contributed by atoms with Crippen molar-refractivity contribution in [2.24, 2.45) is 0 Å². The van der Waals surface area contributed by atoms with Gasteiger partial charge in [-0.15, -0.1) is 0 Å². The first-order chi connectivity index (χ1) is 15.5. The minimum Gasteiger partial charge on any atom is -0.507 e. The number of unbranched alkanes of at least 4 members (excludes halogenated alkanes) is 2. The average Bonchev–Trinajstić information content (AvgIpc) is 2.72. The van der Waals surface area contributed by atoms with Gasteiger partial charge in [-0.1, -0.05) is 18.6 Å². The molecule has 0 heterocycles. The second-order valence-electron chi connectivity index (χ2n) is 8.94. The van der Waals surface area contributed by atoms with E-state index >= 15 is 0 Å². The molecular weight excluding hydrogens is 426 g/mol. The number of phenolic OH excluding ortho intramolecular Hbond substituents is 2. The summed E-state index contributed by atoms with van der Waals surface area (Å²) >= 11 is 0. The molecule has 0 radical (unpaired) electrons. The molecule has 33 heavy (non-hydrogen) atoms. The Morgan fingerprint density at radius 2 is 1.61 bits per heavy atom. The fourth-order valence-corrected chi connectivity index (χ4v) is 3.68. The fraction of sp³-hybridized carbons (Fsp3) is 0.360. The predicted octanol–water partition coefficient (Wildman–Crippen LogP) is 4.14. The maximum absolute atomic E-state index is 12.9. The van der Waals surface area contributed by atoms with E-state index < -0.39 is 29.0 Å². The van der Waals surface area contributed by atoms with Gasteiger partial charge in [-0.25, -0.2) is 4.79 Å². The summed E-state index contributed by atoms with van der Waals surface area (Å²) in [6, 6.07) is 6.69. The molecule has 2 aromatic carbocycles. The number of aromatic hydroxyl groups is 2. The van der Waals surface area contributed by atoms with Crippen LogP contribution in [-0.4, -0.2) is 45.8 Å². The Morgan fingerprint density at radius 3 is 2.30 bits per heavy atom. The highest BCUT2D eigenvalue weighted by molar-refractivity contribution is 6.30. The van der Waals surface area contributed by atoms with Crippen LogP contribution in [0.15, 0.2) is 30.3 Å². The van der Waals surface area contributed by atoms with Gasteiger partial charge in [-0.2, -0.15) is 0 Å². The Bertz CT molecular complexity index is 1130. The van der Waals surface area contributed by atoms with Crippen molar-refractivity contribution in [3.05, 3.63) is 58.1 Å². The van der Waals surface area contributed by atoms with Crippen molar-refractivity contribution in [1.29, 1.82) is 0 Å². The number of phenols is 2. The summed E-state index contributed by atoms with van der Waals surface area (Å²) in [7, 11) is 0.